The molecule has 2 rings (SSSR count). The number of nitrogens with one attached hydrogen (secondary N) is 1. The monoisotopic (exact) mass is 231 g/mol. The molecule has 0 saturated carbocycles. The zero-order chi connectivity index (χ0) is 12.1. The van der Waals surface area contributed by atoms with Crippen molar-refractivity contribution in [2.45, 2.75) is 25.8 Å². The van der Waals surface area contributed by atoms with E-state index in [1.807, 2.05) is 37.4 Å². The Hall–Kier alpha value is -1.68. The summed E-state index contributed by atoms with van der Waals surface area (Å²) in [7, 11) is 1.95. The van der Waals surface area contributed by atoms with Crippen LogP contribution in [-0.4, -0.2) is 23.2 Å². The minimum Gasteiger partial charge on any atom is -0.339 e. The topological polar surface area (TPSA) is 51.0 Å². The van der Waals surface area contributed by atoms with Crippen LogP contribution in [0.5, 0.6) is 0 Å². The average molecular weight is 231 g/mol. The Morgan fingerprint density at radius 2 is 2.06 bits per heavy atom. The van der Waals surface area contributed by atoms with E-state index in [1.165, 1.54) is 0 Å². The van der Waals surface area contributed by atoms with E-state index < -0.39 is 0 Å². The van der Waals surface area contributed by atoms with Crippen molar-refractivity contribution in [3.05, 3.63) is 36.2 Å². The summed E-state index contributed by atoms with van der Waals surface area (Å²) in [4.78, 5) is 4.38. The molecule has 1 aromatic heterocycles. The van der Waals surface area contributed by atoms with Crippen LogP contribution in [0.2, 0.25) is 0 Å². The van der Waals surface area contributed by atoms with Crippen LogP contribution in [0.1, 0.15) is 19.2 Å². The van der Waals surface area contributed by atoms with Crippen molar-refractivity contribution in [2.75, 3.05) is 7.05 Å². The molecule has 0 aliphatic rings. The molecular weight excluding hydrogens is 214 g/mol. The summed E-state index contributed by atoms with van der Waals surface area (Å²) in [6.45, 7) is 2.13. The molecule has 1 aromatic carbocycles. The standard InChI is InChI=1S/C13H17N3O/c1-10(14-2)8-9-12-15-13(16-17-12)11-6-4-3-5-7-11/h3-7,10,14H,8-9H2,1-2H3. The smallest absolute Gasteiger partial charge is 0.227 e. The van der Waals surface area contributed by atoms with Crippen molar-refractivity contribution in [3.63, 3.8) is 0 Å². The fourth-order valence-corrected chi connectivity index (χ4v) is 1.55. The van der Waals surface area contributed by atoms with E-state index in [9.17, 15) is 0 Å². The molecule has 90 valence electrons. The molecule has 0 fully saturated rings. The van der Waals surface area contributed by atoms with Crippen LogP contribution in [-0.2, 0) is 6.42 Å². The Labute approximate surface area is 101 Å². The van der Waals surface area contributed by atoms with Gasteiger partial charge in [-0.25, -0.2) is 0 Å². The molecular formula is C13H17N3O. The van der Waals surface area contributed by atoms with Crippen LogP contribution < -0.4 is 5.32 Å². The van der Waals surface area contributed by atoms with Gasteiger partial charge in [-0.1, -0.05) is 35.5 Å². The van der Waals surface area contributed by atoms with Gasteiger partial charge in [-0.3, -0.25) is 0 Å². The minimum atomic E-state index is 0.460. The molecule has 0 amide bonds. The highest BCUT2D eigenvalue weighted by Crippen LogP contribution is 2.15. The van der Waals surface area contributed by atoms with Gasteiger partial charge < -0.3 is 9.84 Å². The van der Waals surface area contributed by atoms with E-state index in [2.05, 4.69) is 22.4 Å². The number of benzene rings is 1. The van der Waals surface area contributed by atoms with E-state index in [-0.39, 0.29) is 0 Å². The van der Waals surface area contributed by atoms with Gasteiger partial charge in [0.2, 0.25) is 11.7 Å². The first-order chi connectivity index (χ1) is 8.29. The molecule has 1 N–H and O–H groups in total. The molecule has 4 nitrogen and oxygen atoms in total. The number of aryl methyl sites for hydroxylation is 1. The van der Waals surface area contributed by atoms with Gasteiger partial charge in [0.15, 0.2) is 0 Å². The highest BCUT2D eigenvalue weighted by Gasteiger charge is 2.09. The van der Waals surface area contributed by atoms with Gasteiger partial charge in [0, 0.05) is 18.0 Å². The molecule has 17 heavy (non-hydrogen) atoms. The van der Waals surface area contributed by atoms with Crippen molar-refractivity contribution < 1.29 is 4.52 Å². The van der Waals surface area contributed by atoms with Crippen LogP contribution >= 0.6 is 0 Å². The second kappa shape index (κ2) is 5.59. The first kappa shape index (κ1) is 11.8. The molecule has 1 unspecified atom stereocenters. The Morgan fingerprint density at radius 1 is 1.29 bits per heavy atom. The zero-order valence-electron chi connectivity index (χ0n) is 10.2. The summed E-state index contributed by atoms with van der Waals surface area (Å²) in [5, 5.41) is 7.17. The zero-order valence-corrected chi connectivity index (χ0v) is 10.2. The minimum absolute atomic E-state index is 0.460. The van der Waals surface area contributed by atoms with Gasteiger partial charge in [-0.2, -0.15) is 4.98 Å². The first-order valence-electron chi connectivity index (χ1n) is 5.85. The summed E-state index contributed by atoms with van der Waals surface area (Å²) in [6.07, 6.45) is 1.80. The van der Waals surface area contributed by atoms with Gasteiger partial charge in [-0.15, -0.1) is 0 Å². The van der Waals surface area contributed by atoms with Gasteiger partial charge >= 0.3 is 0 Å². The second-order valence-electron chi connectivity index (χ2n) is 4.11. The van der Waals surface area contributed by atoms with Gasteiger partial charge in [0.1, 0.15) is 0 Å². The van der Waals surface area contributed by atoms with Crippen molar-refractivity contribution in [2.24, 2.45) is 0 Å². The highest BCUT2D eigenvalue weighted by molar-refractivity contribution is 5.53. The van der Waals surface area contributed by atoms with Crippen molar-refractivity contribution in [1.29, 1.82) is 0 Å². The normalized spacial score (nSPS) is 12.6. The van der Waals surface area contributed by atoms with Crippen LogP contribution in [0.4, 0.5) is 0 Å². The molecule has 0 saturated heterocycles. The molecule has 1 heterocycles. The summed E-state index contributed by atoms with van der Waals surface area (Å²) in [5.74, 6) is 1.36. The number of aromatic nitrogens is 2. The predicted octanol–water partition coefficient (Wildman–Crippen LogP) is 2.28. The lowest BCUT2D eigenvalue weighted by molar-refractivity contribution is 0.369. The third-order valence-electron chi connectivity index (χ3n) is 2.78. The van der Waals surface area contributed by atoms with Gasteiger partial charge in [-0.05, 0) is 20.4 Å². The summed E-state index contributed by atoms with van der Waals surface area (Å²) >= 11 is 0. The first-order valence-corrected chi connectivity index (χ1v) is 5.85. The maximum Gasteiger partial charge on any atom is 0.227 e. The molecule has 0 radical (unpaired) electrons. The SMILES string of the molecule is CNC(C)CCc1nc(-c2ccccc2)no1. The van der Waals surface area contributed by atoms with Crippen LogP contribution in [0.3, 0.4) is 0 Å². The molecule has 4 heteroatoms. The molecule has 2 aromatic rings. The van der Waals surface area contributed by atoms with E-state index in [0.29, 0.717) is 17.8 Å². The van der Waals surface area contributed by atoms with E-state index >= 15 is 0 Å². The fraction of sp³-hybridized carbons (Fsp3) is 0.385. The lowest BCUT2D eigenvalue weighted by atomic mass is 10.2. The quantitative estimate of drug-likeness (QED) is 0.857. The summed E-state index contributed by atoms with van der Waals surface area (Å²) in [6, 6.07) is 10.3. The molecule has 0 bridgehead atoms. The van der Waals surface area contributed by atoms with Crippen LogP contribution in [0, 0.1) is 0 Å². The Kier molecular flexibility index (Phi) is 3.88. The second-order valence-corrected chi connectivity index (χ2v) is 4.11. The number of rotatable bonds is 5. The fourth-order valence-electron chi connectivity index (χ4n) is 1.55. The summed E-state index contributed by atoms with van der Waals surface area (Å²) < 4.78 is 5.23. The van der Waals surface area contributed by atoms with Gasteiger partial charge in [0.05, 0.1) is 0 Å². The van der Waals surface area contributed by atoms with Crippen LogP contribution in [0.15, 0.2) is 34.9 Å². The lowest BCUT2D eigenvalue weighted by Gasteiger charge is -2.06. The van der Waals surface area contributed by atoms with Crippen molar-refractivity contribution in [3.8, 4) is 11.4 Å². The third kappa shape index (κ3) is 3.14. The predicted molar refractivity (Wildman–Crippen MR) is 66.6 cm³/mol. The molecule has 0 spiro atoms. The van der Waals surface area contributed by atoms with E-state index in [4.69, 9.17) is 4.52 Å². The van der Waals surface area contributed by atoms with Crippen molar-refractivity contribution >= 4 is 0 Å². The number of nitrogens with zero attached hydrogens (tertiary/aromatic N) is 2. The molecule has 0 aliphatic carbocycles. The van der Waals surface area contributed by atoms with Gasteiger partial charge in [0.25, 0.3) is 0 Å². The molecule has 0 aliphatic heterocycles. The largest absolute Gasteiger partial charge is 0.339 e. The lowest BCUT2D eigenvalue weighted by Crippen LogP contribution is -2.21. The molecule has 1 atom stereocenters. The number of hydrogen-bond acceptors (Lipinski definition) is 4. The maximum atomic E-state index is 5.23. The highest BCUT2D eigenvalue weighted by atomic mass is 16.5. The van der Waals surface area contributed by atoms with Crippen molar-refractivity contribution in [1.82, 2.24) is 15.5 Å². The third-order valence-corrected chi connectivity index (χ3v) is 2.78. The Balaban J connectivity index is 2.01. The average Bonchev–Trinajstić information content (AvgIpc) is 2.86. The van der Waals surface area contributed by atoms with E-state index in [0.717, 1.165) is 18.4 Å². The Bertz CT molecular complexity index is 453. The van der Waals surface area contributed by atoms with E-state index in [1.54, 1.807) is 0 Å². The maximum absolute atomic E-state index is 5.23. The van der Waals surface area contributed by atoms with Crippen LogP contribution in [0.25, 0.3) is 11.4 Å². The number of hydrogen-bond donors (Lipinski definition) is 1. The summed E-state index contributed by atoms with van der Waals surface area (Å²) in [5.41, 5.74) is 0.990. The Morgan fingerprint density at radius 3 is 2.76 bits per heavy atom.